The first kappa shape index (κ1) is 17.7. The molecule has 0 saturated heterocycles. The quantitative estimate of drug-likeness (QED) is 0.493. The molecule has 1 fully saturated rings. The predicted octanol–water partition coefficient (Wildman–Crippen LogP) is 3.64. The molecule has 3 N–H and O–H groups in total. The van der Waals surface area contributed by atoms with Crippen molar-refractivity contribution in [2.75, 3.05) is 11.9 Å². The van der Waals surface area contributed by atoms with Crippen molar-refractivity contribution in [1.82, 2.24) is 5.32 Å². The lowest BCUT2D eigenvalue weighted by Gasteiger charge is -2.15. The molecule has 24 heavy (non-hydrogen) atoms. The molecule has 4 nitrogen and oxygen atoms in total. The lowest BCUT2D eigenvalue weighted by atomic mass is 9.95. The number of fused-ring (bicyclic) bond motifs is 1. The van der Waals surface area contributed by atoms with Gasteiger partial charge in [-0.3, -0.25) is 4.79 Å². The smallest absolute Gasteiger partial charge is 0.254 e. The SMILES string of the molecule is CCCCCNC(=O)c1c(NC(O)C2CC2F)sc2c1CCCC2. The van der Waals surface area contributed by atoms with Gasteiger partial charge in [0.05, 0.1) is 5.56 Å². The first-order chi connectivity index (χ1) is 11.6. The zero-order valence-electron chi connectivity index (χ0n) is 14.2. The molecule has 3 rings (SSSR count). The van der Waals surface area contributed by atoms with Gasteiger partial charge in [-0.15, -0.1) is 11.3 Å². The van der Waals surface area contributed by atoms with E-state index < -0.39 is 12.4 Å². The number of anilines is 1. The molecule has 3 atom stereocenters. The molecule has 2 aliphatic carbocycles. The molecule has 0 spiro atoms. The first-order valence-corrected chi connectivity index (χ1v) is 9.94. The molecule has 2 aliphatic rings. The number of hydrogen-bond donors (Lipinski definition) is 3. The summed E-state index contributed by atoms with van der Waals surface area (Å²) in [5, 5.41) is 16.9. The molecule has 0 bridgehead atoms. The van der Waals surface area contributed by atoms with E-state index in [2.05, 4.69) is 17.6 Å². The van der Waals surface area contributed by atoms with E-state index >= 15 is 0 Å². The summed E-state index contributed by atoms with van der Waals surface area (Å²) >= 11 is 1.55. The average molecular weight is 354 g/mol. The summed E-state index contributed by atoms with van der Waals surface area (Å²) in [6.45, 7) is 2.81. The molecule has 1 amide bonds. The zero-order chi connectivity index (χ0) is 17.1. The minimum atomic E-state index is -0.923. The summed E-state index contributed by atoms with van der Waals surface area (Å²) in [7, 11) is 0. The molecule has 1 aromatic heterocycles. The Morgan fingerprint density at radius 1 is 1.38 bits per heavy atom. The second-order valence-electron chi connectivity index (χ2n) is 6.88. The highest BCUT2D eigenvalue weighted by molar-refractivity contribution is 7.16. The molecule has 6 heteroatoms. The Labute approximate surface area is 146 Å². The minimum absolute atomic E-state index is 0.0622. The highest BCUT2D eigenvalue weighted by atomic mass is 32.1. The molecule has 0 aliphatic heterocycles. The van der Waals surface area contributed by atoms with E-state index in [0.29, 0.717) is 23.5 Å². The van der Waals surface area contributed by atoms with Gasteiger partial charge in [-0.2, -0.15) is 0 Å². The number of halogens is 1. The third-order valence-corrected chi connectivity index (χ3v) is 6.13. The normalized spacial score (nSPS) is 23.5. The molecule has 0 radical (unpaired) electrons. The van der Waals surface area contributed by atoms with Crippen LogP contribution in [0.2, 0.25) is 0 Å². The Hall–Kier alpha value is -1.14. The summed E-state index contributed by atoms with van der Waals surface area (Å²) in [5.74, 6) is -0.405. The monoisotopic (exact) mass is 354 g/mol. The number of nitrogens with one attached hydrogen (secondary N) is 2. The second-order valence-corrected chi connectivity index (χ2v) is 7.99. The predicted molar refractivity (Wildman–Crippen MR) is 95.5 cm³/mol. The van der Waals surface area contributed by atoms with Gasteiger partial charge in [0.15, 0.2) is 0 Å². The number of unbranched alkanes of at least 4 members (excludes halogenated alkanes) is 2. The number of aryl methyl sites for hydroxylation is 1. The molecular weight excluding hydrogens is 327 g/mol. The summed E-state index contributed by atoms with van der Waals surface area (Å²) in [6, 6.07) is 0. The fraction of sp³-hybridized carbons (Fsp3) is 0.722. The molecular formula is C18H27FN2O2S. The molecule has 1 saturated carbocycles. The van der Waals surface area contributed by atoms with Crippen molar-refractivity contribution in [2.45, 2.75) is 70.7 Å². The summed E-state index contributed by atoms with van der Waals surface area (Å²) < 4.78 is 13.2. The molecule has 1 heterocycles. The van der Waals surface area contributed by atoms with Gasteiger partial charge in [0.1, 0.15) is 17.4 Å². The summed E-state index contributed by atoms with van der Waals surface area (Å²) in [5.41, 5.74) is 1.81. The lowest BCUT2D eigenvalue weighted by molar-refractivity contribution is 0.0952. The third-order valence-electron chi connectivity index (χ3n) is 4.91. The summed E-state index contributed by atoms with van der Waals surface area (Å²) in [4.78, 5) is 13.9. The fourth-order valence-corrected chi connectivity index (χ4v) is 4.64. The van der Waals surface area contributed by atoms with Crippen molar-refractivity contribution in [2.24, 2.45) is 5.92 Å². The second kappa shape index (κ2) is 7.83. The number of alkyl halides is 1. The largest absolute Gasteiger partial charge is 0.373 e. The number of amides is 1. The van der Waals surface area contributed by atoms with Crippen LogP contribution in [0.1, 0.15) is 66.2 Å². The molecule has 134 valence electrons. The van der Waals surface area contributed by atoms with E-state index in [0.717, 1.165) is 50.5 Å². The van der Waals surface area contributed by atoms with Crippen LogP contribution in [0.4, 0.5) is 9.39 Å². The van der Waals surface area contributed by atoms with Crippen LogP contribution in [-0.4, -0.2) is 30.0 Å². The van der Waals surface area contributed by atoms with Gasteiger partial charge in [-0.05, 0) is 44.1 Å². The average Bonchev–Trinajstić information content (AvgIpc) is 3.19. The number of rotatable bonds is 8. The molecule has 3 unspecified atom stereocenters. The van der Waals surface area contributed by atoms with Crippen LogP contribution < -0.4 is 10.6 Å². The Balaban J connectivity index is 1.74. The van der Waals surface area contributed by atoms with Crippen LogP contribution in [-0.2, 0) is 12.8 Å². The number of aliphatic hydroxyl groups excluding tert-OH is 1. The van der Waals surface area contributed by atoms with E-state index in [4.69, 9.17) is 0 Å². The molecule has 0 aromatic carbocycles. The van der Waals surface area contributed by atoms with E-state index in [1.54, 1.807) is 11.3 Å². The maximum Gasteiger partial charge on any atom is 0.254 e. The number of aliphatic hydroxyl groups is 1. The van der Waals surface area contributed by atoms with Crippen LogP contribution >= 0.6 is 11.3 Å². The van der Waals surface area contributed by atoms with Crippen LogP contribution in [0.25, 0.3) is 0 Å². The number of hydrogen-bond acceptors (Lipinski definition) is 4. The zero-order valence-corrected chi connectivity index (χ0v) is 15.1. The van der Waals surface area contributed by atoms with Crippen molar-refractivity contribution in [3.05, 3.63) is 16.0 Å². The first-order valence-electron chi connectivity index (χ1n) is 9.13. The highest BCUT2D eigenvalue weighted by Gasteiger charge is 2.43. The maximum atomic E-state index is 13.2. The van der Waals surface area contributed by atoms with E-state index in [1.807, 2.05) is 0 Å². The number of carbonyl (C=O) groups is 1. The van der Waals surface area contributed by atoms with Crippen molar-refractivity contribution >= 4 is 22.2 Å². The Morgan fingerprint density at radius 2 is 2.12 bits per heavy atom. The van der Waals surface area contributed by atoms with Gasteiger partial charge < -0.3 is 15.7 Å². The van der Waals surface area contributed by atoms with Crippen LogP contribution in [0.5, 0.6) is 0 Å². The highest BCUT2D eigenvalue weighted by Crippen LogP contribution is 2.41. The van der Waals surface area contributed by atoms with Crippen LogP contribution in [0.15, 0.2) is 0 Å². The standard InChI is InChI=1S/C18H27FN2O2S/c1-2-3-6-9-20-17(23)15-11-7-4-5-8-14(11)24-18(15)21-16(22)12-10-13(12)19/h12-13,16,21-22H,2-10H2,1H3,(H,20,23). The topological polar surface area (TPSA) is 61.4 Å². The fourth-order valence-electron chi connectivity index (χ4n) is 3.32. The van der Waals surface area contributed by atoms with Gasteiger partial charge in [-0.25, -0.2) is 4.39 Å². The Bertz CT molecular complexity index is 590. The van der Waals surface area contributed by atoms with Gasteiger partial charge in [-0.1, -0.05) is 19.8 Å². The third kappa shape index (κ3) is 3.91. The van der Waals surface area contributed by atoms with Crippen molar-refractivity contribution in [3.8, 4) is 0 Å². The van der Waals surface area contributed by atoms with Gasteiger partial charge >= 0.3 is 0 Å². The van der Waals surface area contributed by atoms with Gasteiger partial charge in [0.2, 0.25) is 0 Å². The Morgan fingerprint density at radius 3 is 2.83 bits per heavy atom. The van der Waals surface area contributed by atoms with Crippen molar-refractivity contribution < 1.29 is 14.3 Å². The number of carbonyl (C=O) groups excluding carboxylic acids is 1. The van der Waals surface area contributed by atoms with Crippen LogP contribution in [0.3, 0.4) is 0 Å². The van der Waals surface area contributed by atoms with Crippen LogP contribution in [0, 0.1) is 5.92 Å². The van der Waals surface area contributed by atoms with E-state index in [1.165, 1.54) is 4.88 Å². The Kier molecular flexibility index (Phi) is 5.76. The van der Waals surface area contributed by atoms with Gasteiger partial charge in [0.25, 0.3) is 5.91 Å². The maximum absolute atomic E-state index is 13.2. The van der Waals surface area contributed by atoms with E-state index in [9.17, 15) is 14.3 Å². The molecule has 1 aromatic rings. The lowest BCUT2D eigenvalue weighted by Crippen LogP contribution is -2.28. The van der Waals surface area contributed by atoms with Crippen molar-refractivity contribution in [3.63, 3.8) is 0 Å². The van der Waals surface area contributed by atoms with E-state index in [-0.39, 0.29) is 11.8 Å². The van der Waals surface area contributed by atoms with Crippen molar-refractivity contribution in [1.29, 1.82) is 0 Å². The minimum Gasteiger partial charge on any atom is -0.373 e. The number of thiophene rings is 1. The summed E-state index contributed by atoms with van der Waals surface area (Å²) in [6.07, 6.45) is 5.90. The van der Waals surface area contributed by atoms with Gasteiger partial charge in [0, 0.05) is 17.3 Å².